The van der Waals surface area contributed by atoms with E-state index in [0.29, 0.717) is 0 Å². The first-order chi connectivity index (χ1) is 11.5. The van der Waals surface area contributed by atoms with E-state index >= 15 is 0 Å². The molecule has 0 radical (unpaired) electrons. The molecule has 0 saturated heterocycles. The van der Waals surface area contributed by atoms with Gasteiger partial charge in [-0.2, -0.15) is 0 Å². The number of benzene rings is 2. The number of primary amides is 2. The molecule has 0 aliphatic carbocycles. The summed E-state index contributed by atoms with van der Waals surface area (Å²) in [6.07, 6.45) is 0. The van der Waals surface area contributed by atoms with Gasteiger partial charge in [0.2, 0.25) is 5.82 Å². The summed E-state index contributed by atoms with van der Waals surface area (Å²) < 4.78 is 90.6. The zero-order valence-corrected chi connectivity index (χ0v) is 12.9. The Labute approximate surface area is 138 Å². The predicted octanol–water partition coefficient (Wildman–Crippen LogP) is 2.21. The van der Waals surface area contributed by atoms with Gasteiger partial charge in [0, 0.05) is 0 Å². The molecule has 6 nitrogen and oxygen atoms in total. The number of carbonyl (C=O) groups excluding carboxylic acids is 1. The van der Waals surface area contributed by atoms with Gasteiger partial charge in [-0.25, -0.2) is 35.2 Å². The van der Waals surface area contributed by atoms with E-state index in [1.165, 1.54) is 22.9 Å². The zero-order valence-electron chi connectivity index (χ0n) is 12.1. The molecule has 0 spiro atoms. The maximum Gasteiger partial charge on any atom is 0.309 e. The lowest BCUT2D eigenvalue weighted by Gasteiger charge is -2.11. The molecule has 0 aliphatic heterocycles. The van der Waals surface area contributed by atoms with Gasteiger partial charge in [0.15, 0.2) is 23.3 Å². The van der Waals surface area contributed by atoms with Crippen LogP contribution in [0.25, 0.3) is 0 Å². The van der Waals surface area contributed by atoms with E-state index in [2.05, 4.69) is 11.5 Å². The second kappa shape index (κ2) is 7.79. The Bertz CT molecular complexity index is 859. The maximum absolute atomic E-state index is 13.4. The summed E-state index contributed by atoms with van der Waals surface area (Å²) in [5.41, 5.74) is 6.87. The van der Waals surface area contributed by atoms with Gasteiger partial charge in [0.1, 0.15) is 5.69 Å². The Balaban J connectivity index is 0.000000705. The minimum atomic E-state index is -4.49. The molecular weight excluding hydrogens is 373 g/mol. The largest absolute Gasteiger partial charge is 0.352 e. The molecule has 2 aromatic rings. The van der Waals surface area contributed by atoms with Gasteiger partial charge in [-0.05, 0) is 12.1 Å². The quantitative estimate of drug-likeness (QED) is 0.429. The Morgan fingerprint density at radius 1 is 0.800 bits per heavy atom. The third-order valence-electron chi connectivity index (χ3n) is 2.50. The first kappa shape index (κ1) is 20.2. The van der Waals surface area contributed by atoms with Crippen LogP contribution in [-0.4, -0.2) is 14.4 Å². The van der Waals surface area contributed by atoms with Crippen molar-refractivity contribution in [3.05, 3.63) is 59.4 Å². The zero-order chi connectivity index (χ0) is 19.4. The molecule has 0 fully saturated rings. The number of amides is 2. The molecule has 0 atom stereocenters. The Kier molecular flexibility index (Phi) is 6.28. The lowest BCUT2D eigenvalue weighted by atomic mass is 10.2. The third-order valence-corrected chi connectivity index (χ3v) is 3.87. The summed E-state index contributed by atoms with van der Waals surface area (Å²) in [6, 6.07) is 5.49. The van der Waals surface area contributed by atoms with Crippen molar-refractivity contribution >= 4 is 21.7 Å². The molecule has 0 aromatic heterocycles. The van der Waals surface area contributed by atoms with Crippen molar-refractivity contribution in [1.29, 1.82) is 0 Å². The van der Waals surface area contributed by atoms with Crippen LogP contribution in [0.2, 0.25) is 0 Å². The fourth-order valence-electron chi connectivity index (χ4n) is 1.49. The number of nitrogens with two attached hydrogens (primary N) is 2. The van der Waals surface area contributed by atoms with Crippen molar-refractivity contribution in [2.24, 2.45) is 11.5 Å². The number of carbonyl (C=O) groups is 1. The SMILES string of the molecule is NC(N)=O.O=S(=O)(Nc1c(F)c(F)c(F)c(F)c1F)c1ccccc1. The Morgan fingerprint density at radius 3 is 1.56 bits per heavy atom. The highest BCUT2D eigenvalue weighted by Crippen LogP contribution is 2.28. The van der Waals surface area contributed by atoms with Gasteiger partial charge in [0.05, 0.1) is 4.90 Å². The molecular formula is C13H10F5N3O3S. The number of nitrogens with one attached hydrogen (secondary N) is 1. The lowest BCUT2D eigenvalue weighted by Crippen LogP contribution is -2.18. The van der Waals surface area contributed by atoms with Gasteiger partial charge in [0.25, 0.3) is 10.0 Å². The number of halogens is 5. The summed E-state index contributed by atoms with van der Waals surface area (Å²) in [5.74, 6) is -11.4. The molecule has 2 amide bonds. The van der Waals surface area contributed by atoms with Crippen LogP contribution in [0.3, 0.4) is 0 Å². The molecule has 0 saturated carbocycles. The number of hydrogen-bond donors (Lipinski definition) is 3. The number of anilines is 1. The maximum atomic E-state index is 13.4. The van der Waals surface area contributed by atoms with E-state index in [9.17, 15) is 30.4 Å². The van der Waals surface area contributed by atoms with Gasteiger partial charge >= 0.3 is 6.03 Å². The number of sulfonamides is 1. The van der Waals surface area contributed by atoms with Gasteiger partial charge in [-0.3, -0.25) is 4.72 Å². The molecule has 2 aromatic carbocycles. The van der Waals surface area contributed by atoms with Crippen LogP contribution in [0.4, 0.5) is 32.4 Å². The van der Waals surface area contributed by atoms with Crippen molar-refractivity contribution in [1.82, 2.24) is 0 Å². The minimum Gasteiger partial charge on any atom is -0.352 e. The van der Waals surface area contributed by atoms with Crippen molar-refractivity contribution < 1.29 is 35.2 Å². The van der Waals surface area contributed by atoms with E-state index in [1.807, 2.05) is 0 Å². The van der Waals surface area contributed by atoms with Gasteiger partial charge in [-0.1, -0.05) is 18.2 Å². The van der Waals surface area contributed by atoms with Crippen molar-refractivity contribution in [2.45, 2.75) is 4.90 Å². The topological polar surface area (TPSA) is 115 Å². The van der Waals surface area contributed by atoms with Crippen LogP contribution in [-0.2, 0) is 10.0 Å². The lowest BCUT2D eigenvalue weighted by molar-refractivity contribution is 0.256. The minimum absolute atomic E-state index is 0.394. The van der Waals surface area contributed by atoms with E-state index in [0.717, 1.165) is 12.1 Å². The van der Waals surface area contributed by atoms with E-state index in [-0.39, 0.29) is 0 Å². The van der Waals surface area contributed by atoms with Gasteiger partial charge in [-0.15, -0.1) is 0 Å². The van der Waals surface area contributed by atoms with Crippen LogP contribution in [0, 0.1) is 29.1 Å². The molecule has 5 N–H and O–H groups in total. The van der Waals surface area contributed by atoms with E-state index < -0.39 is 55.7 Å². The summed E-state index contributed by atoms with van der Waals surface area (Å²) in [7, 11) is -4.49. The highest BCUT2D eigenvalue weighted by Gasteiger charge is 2.28. The standard InChI is InChI=1S/C12H6F5NO2S.CH4N2O/c13-7-8(14)10(16)12(11(17)9(7)15)18-21(19,20)6-4-2-1-3-5-6;2-1(3)4/h1-5,18H;(H4,2,3,4). The third kappa shape index (κ3) is 4.79. The predicted molar refractivity (Wildman–Crippen MR) is 77.3 cm³/mol. The normalized spacial score (nSPS) is 10.6. The van der Waals surface area contributed by atoms with Crippen molar-refractivity contribution in [3.8, 4) is 0 Å². The smallest absolute Gasteiger partial charge is 0.309 e. The Hall–Kier alpha value is -2.89. The molecule has 25 heavy (non-hydrogen) atoms. The van der Waals surface area contributed by atoms with Crippen LogP contribution in [0.5, 0.6) is 0 Å². The first-order valence-electron chi connectivity index (χ1n) is 6.13. The van der Waals surface area contributed by atoms with Crippen LogP contribution in [0.1, 0.15) is 0 Å². The molecule has 0 aliphatic rings. The van der Waals surface area contributed by atoms with Crippen LogP contribution >= 0.6 is 0 Å². The average Bonchev–Trinajstić information content (AvgIpc) is 2.55. The van der Waals surface area contributed by atoms with Gasteiger partial charge < -0.3 is 11.5 Å². The number of rotatable bonds is 3. The summed E-state index contributed by atoms with van der Waals surface area (Å²) in [4.78, 5) is 8.61. The van der Waals surface area contributed by atoms with E-state index in [1.54, 1.807) is 0 Å². The molecule has 2 rings (SSSR count). The highest BCUT2D eigenvalue weighted by atomic mass is 32.2. The second-order valence-electron chi connectivity index (χ2n) is 4.27. The molecule has 0 bridgehead atoms. The van der Waals surface area contributed by atoms with Crippen molar-refractivity contribution in [2.75, 3.05) is 4.72 Å². The first-order valence-corrected chi connectivity index (χ1v) is 7.61. The summed E-state index contributed by atoms with van der Waals surface area (Å²) in [5, 5.41) is 0. The van der Waals surface area contributed by atoms with Crippen LogP contribution < -0.4 is 16.2 Å². The fraction of sp³-hybridized carbons (Fsp3) is 0. The Morgan fingerprint density at radius 2 is 1.16 bits per heavy atom. The number of urea groups is 1. The molecule has 136 valence electrons. The van der Waals surface area contributed by atoms with Crippen molar-refractivity contribution in [3.63, 3.8) is 0 Å². The second-order valence-corrected chi connectivity index (χ2v) is 5.95. The highest BCUT2D eigenvalue weighted by molar-refractivity contribution is 7.92. The number of hydrogen-bond acceptors (Lipinski definition) is 3. The summed E-state index contributed by atoms with van der Waals surface area (Å²) >= 11 is 0. The summed E-state index contributed by atoms with van der Waals surface area (Å²) in [6.45, 7) is 0. The molecule has 12 heteroatoms. The monoisotopic (exact) mass is 383 g/mol. The molecule has 0 heterocycles. The fourth-order valence-corrected chi connectivity index (χ4v) is 2.57. The van der Waals surface area contributed by atoms with E-state index in [4.69, 9.17) is 4.79 Å². The van der Waals surface area contributed by atoms with Crippen LogP contribution in [0.15, 0.2) is 35.2 Å². The average molecular weight is 383 g/mol. The molecule has 0 unspecified atom stereocenters.